The fraction of sp³-hybridized carbons (Fsp3) is 0.182. The van der Waals surface area contributed by atoms with Gasteiger partial charge in [-0.3, -0.25) is 0 Å². The zero-order valence-electron chi connectivity index (χ0n) is 9.91. The lowest BCUT2D eigenvalue weighted by Crippen LogP contribution is -2.14. The predicted octanol–water partition coefficient (Wildman–Crippen LogP) is 2.40. The summed E-state index contributed by atoms with van der Waals surface area (Å²) >= 11 is 2.82. The van der Waals surface area contributed by atoms with Crippen LogP contribution in [0.4, 0.5) is 0 Å². The van der Waals surface area contributed by atoms with Crippen LogP contribution in [0.25, 0.3) is 0 Å². The SMILES string of the molecule is Cc1nsc(Sc2c(C)cccc2/C(N)=N/O)n1. The van der Waals surface area contributed by atoms with Crippen molar-refractivity contribution in [3.05, 3.63) is 35.2 Å². The van der Waals surface area contributed by atoms with Crippen LogP contribution in [0.1, 0.15) is 17.0 Å². The van der Waals surface area contributed by atoms with Crippen LogP contribution in [0.2, 0.25) is 0 Å². The molecule has 1 aromatic carbocycles. The molecule has 0 atom stereocenters. The summed E-state index contributed by atoms with van der Waals surface area (Å²) in [5.41, 5.74) is 7.43. The van der Waals surface area contributed by atoms with E-state index in [2.05, 4.69) is 14.5 Å². The minimum atomic E-state index is 0.0995. The molecule has 0 spiro atoms. The zero-order chi connectivity index (χ0) is 13.1. The molecule has 1 aromatic heterocycles. The van der Waals surface area contributed by atoms with Gasteiger partial charge in [-0.15, -0.1) is 0 Å². The Morgan fingerprint density at radius 3 is 2.83 bits per heavy atom. The fourth-order valence-corrected chi connectivity index (χ4v) is 3.25. The average Bonchev–Trinajstić information content (AvgIpc) is 2.76. The van der Waals surface area contributed by atoms with Crippen molar-refractivity contribution >= 4 is 29.1 Å². The van der Waals surface area contributed by atoms with Gasteiger partial charge >= 0.3 is 0 Å². The highest BCUT2D eigenvalue weighted by molar-refractivity contribution is 8.01. The quantitative estimate of drug-likeness (QED) is 0.390. The molecule has 0 radical (unpaired) electrons. The number of oxime groups is 1. The lowest BCUT2D eigenvalue weighted by Gasteiger charge is -2.09. The van der Waals surface area contributed by atoms with E-state index >= 15 is 0 Å². The van der Waals surface area contributed by atoms with Crippen LogP contribution in [0.15, 0.2) is 32.6 Å². The first-order valence-corrected chi connectivity index (χ1v) is 6.76. The first kappa shape index (κ1) is 12.8. The molecule has 0 fully saturated rings. The summed E-state index contributed by atoms with van der Waals surface area (Å²) in [4.78, 5) is 5.23. The van der Waals surface area contributed by atoms with Crippen LogP contribution in [0.5, 0.6) is 0 Å². The molecule has 94 valence electrons. The van der Waals surface area contributed by atoms with Gasteiger partial charge in [-0.05, 0) is 37.0 Å². The van der Waals surface area contributed by atoms with Gasteiger partial charge in [-0.1, -0.05) is 29.1 Å². The van der Waals surface area contributed by atoms with Crippen LogP contribution in [-0.2, 0) is 0 Å². The third-order valence-corrected chi connectivity index (χ3v) is 4.38. The molecule has 7 heteroatoms. The van der Waals surface area contributed by atoms with Crippen LogP contribution < -0.4 is 5.73 Å². The molecule has 3 N–H and O–H groups in total. The molecule has 18 heavy (non-hydrogen) atoms. The molecule has 5 nitrogen and oxygen atoms in total. The number of nitrogens with two attached hydrogens (primary N) is 1. The molecule has 0 aliphatic heterocycles. The number of nitrogens with zero attached hydrogens (tertiary/aromatic N) is 3. The van der Waals surface area contributed by atoms with Gasteiger partial charge in [0.15, 0.2) is 10.2 Å². The summed E-state index contributed by atoms with van der Waals surface area (Å²) in [5, 5.41) is 11.9. The van der Waals surface area contributed by atoms with Crippen molar-refractivity contribution < 1.29 is 5.21 Å². The summed E-state index contributed by atoms with van der Waals surface area (Å²) in [6.07, 6.45) is 0. The Hall–Kier alpha value is -1.60. The van der Waals surface area contributed by atoms with Crippen molar-refractivity contribution in [2.45, 2.75) is 23.1 Å². The van der Waals surface area contributed by atoms with E-state index in [1.807, 2.05) is 32.0 Å². The highest BCUT2D eigenvalue weighted by Crippen LogP contribution is 2.33. The second-order valence-electron chi connectivity index (χ2n) is 3.65. The monoisotopic (exact) mass is 280 g/mol. The first-order chi connectivity index (χ1) is 8.61. The third kappa shape index (κ3) is 2.62. The van der Waals surface area contributed by atoms with E-state index in [9.17, 15) is 0 Å². The Morgan fingerprint density at radius 1 is 1.44 bits per heavy atom. The van der Waals surface area contributed by atoms with Crippen molar-refractivity contribution in [1.29, 1.82) is 0 Å². The number of hydrogen-bond acceptors (Lipinski definition) is 6. The maximum Gasteiger partial charge on any atom is 0.174 e. The Balaban J connectivity index is 2.43. The molecular formula is C11H12N4OS2. The zero-order valence-corrected chi connectivity index (χ0v) is 11.5. The summed E-state index contributed by atoms with van der Waals surface area (Å²) in [6, 6.07) is 5.67. The van der Waals surface area contributed by atoms with Crippen LogP contribution >= 0.6 is 23.3 Å². The molecule has 1 heterocycles. The molecule has 0 aliphatic carbocycles. The van der Waals surface area contributed by atoms with Gasteiger partial charge in [0, 0.05) is 10.5 Å². The highest BCUT2D eigenvalue weighted by atomic mass is 32.2. The largest absolute Gasteiger partial charge is 0.409 e. The first-order valence-electron chi connectivity index (χ1n) is 5.17. The average molecular weight is 280 g/mol. The Labute approximate surface area is 113 Å². The van der Waals surface area contributed by atoms with Crippen LogP contribution in [0.3, 0.4) is 0 Å². The molecule has 0 bridgehead atoms. The van der Waals surface area contributed by atoms with Crippen molar-refractivity contribution in [2.75, 3.05) is 0 Å². The lowest BCUT2D eigenvalue weighted by atomic mass is 10.1. The van der Waals surface area contributed by atoms with Gasteiger partial charge in [0.1, 0.15) is 5.82 Å². The van der Waals surface area contributed by atoms with E-state index in [-0.39, 0.29) is 5.84 Å². The van der Waals surface area contributed by atoms with Gasteiger partial charge < -0.3 is 10.9 Å². The topological polar surface area (TPSA) is 84.4 Å². The summed E-state index contributed by atoms with van der Waals surface area (Å²) in [6.45, 7) is 3.83. The number of aryl methyl sites for hydroxylation is 2. The van der Waals surface area contributed by atoms with Crippen molar-refractivity contribution in [3.8, 4) is 0 Å². The predicted molar refractivity (Wildman–Crippen MR) is 72.5 cm³/mol. The lowest BCUT2D eigenvalue weighted by molar-refractivity contribution is 0.318. The van der Waals surface area contributed by atoms with E-state index in [0.717, 1.165) is 20.6 Å². The Bertz CT molecular complexity index is 594. The van der Waals surface area contributed by atoms with Crippen LogP contribution in [-0.4, -0.2) is 20.4 Å². The third-order valence-electron chi connectivity index (χ3n) is 2.29. The maximum absolute atomic E-state index is 8.80. The minimum absolute atomic E-state index is 0.0995. The molecule has 0 aliphatic rings. The summed E-state index contributed by atoms with van der Waals surface area (Å²) in [5.74, 6) is 0.851. The summed E-state index contributed by atoms with van der Waals surface area (Å²) < 4.78 is 4.98. The van der Waals surface area contributed by atoms with Crippen molar-refractivity contribution in [2.24, 2.45) is 10.9 Å². The summed E-state index contributed by atoms with van der Waals surface area (Å²) in [7, 11) is 0. The Kier molecular flexibility index (Phi) is 3.83. The highest BCUT2D eigenvalue weighted by Gasteiger charge is 2.13. The number of hydrogen-bond donors (Lipinski definition) is 2. The van der Waals surface area contributed by atoms with Gasteiger partial charge in [0.2, 0.25) is 0 Å². The maximum atomic E-state index is 8.80. The second kappa shape index (κ2) is 5.36. The van der Waals surface area contributed by atoms with E-state index in [1.54, 1.807) is 0 Å². The molecule has 2 rings (SSSR count). The molecule has 2 aromatic rings. The van der Waals surface area contributed by atoms with Crippen molar-refractivity contribution in [1.82, 2.24) is 9.36 Å². The van der Waals surface area contributed by atoms with Gasteiger partial charge in [0.25, 0.3) is 0 Å². The van der Waals surface area contributed by atoms with E-state index in [4.69, 9.17) is 10.9 Å². The Morgan fingerprint density at radius 2 is 2.22 bits per heavy atom. The van der Waals surface area contributed by atoms with E-state index in [1.165, 1.54) is 23.3 Å². The van der Waals surface area contributed by atoms with Gasteiger partial charge in [-0.2, -0.15) is 4.37 Å². The minimum Gasteiger partial charge on any atom is -0.409 e. The van der Waals surface area contributed by atoms with Crippen LogP contribution in [0, 0.1) is 13.8 Å². The molecule has 0 saturated heterocycles. The molecule has 0 amide bonds. The number of amidine groups is 1. The molecule has 0 saturated carbocycles. The number of benzene rings is 1. The van der Waals surface area contributed by atoms with E-state index in [0.29, 0.717) is 5.56 Å². The van der Waals surface area contributed by atoms with Gasteiger partial charge in [0.05, 0.1) is 0 Å². The molecular weight excluding hydrogens is 268 g/mol. The fourth-order valence-electron chi connectivity index (χ4n) is 1.45. The second-order valence-corrected chi connectivity index (χ2v) is 5.66. The molecule has 0 unspecified atom stereocenters. The van der Waals surface area contributed by atoms with Crippen molar-refractivity contribution in [3.63, 3.8) is 0 Å². The van der Waals surface area contributed by atoms with E-state index < -0.39 is 0 Å². The van der Waals surface area contributed by atoms with Gasteiger partial charge in [-0.25, -0.2) is 4.98 Å². The number of aromatic nitrogens is 2. The smallest absolute Gasteiger partial charge is 0.174 e. The number of rotatable bonds is 3. The standard InChI is InChI=1S/C11H12N4OS2/c1-6-4-3-5-8(10(12)14-16)9(6)17-11-13-7(2)15-18-11/h3-5,16H,1-2H3,(H2,12,14). The normalized spacial score (nSPS) is 11.8.